The highest BCUT2D eigenvalue weighted by Crippen LogP contribution is 2.21. The van der Waals surface area contributed by atoms with Gasteiger partial charge >= 0.3 is 0 Å². The van der Waals surface area contributed by atoms with E-state index in [0.29, 0.717) is 12.2 Å². The van der Waals surface area contributed by atoms with Crippen LogP contribution in [-0.4, -0.2) is 18.7 Å². The number of hydrogen-bond donors (Lipinski definition) is 1. The van der Waals surface area contributed by atoms with Crippen LogP contribution in [0.1, 0.15) is 16.7 Å². The van der Waals surface area contributed by atoms with Crippen LogP contribution in [0.5, 0.6) is 5.75 Å². The van der Waals surface area contributed by atoms with Gasteiger partial charge in [-0.1, -0.05) is 48.5 Å². The molecule has 1 amide bonds. The lowest BCUT2D eigenvalue weighted by Crippen LogP contribution is -2.25. The van der Waals surface area contributed by atoms with E-state index in [4.69, 9.17) is 4.74 Å². The summed E-state index contributed by atoms with van der Waals surface area (Å²) in [5.74, 6) is -1.33. The van der Waals surface area contributed by atoms with Crippen molar-refractivity contribution >= 4 is 12.1 Å². The molecule has 6 heteroatoms. The molecule has 0 aliphatic rings. The Morgan fingerprint density at radius 1 is 1.00 bits per heavy atom. The van der Waals surface area contributed by atoms with Crippen molar-refractivity contribution in [3.63, 3.8) is 0 Å². The predicted molar refractivity (Wildman–Crippen MR) is 103 cm³/mol. The number of carbonyl (C=O) groups is 1. The highest BCUT2D eigenvalue weighted by atomic mass is 19.1. The summed E-state index contributed by atoms with van der Waals surface area (Å²) >= 11 is 0. The van der Waals surface area contributed by atoms with Crippen molar-refractivity contribution in [2.75, 3.05) is 6.61 Å². The van der Waals surface area contributed by atoms with Gasteiger partial charge in [0.2, 0.25) is 0 Å². The van der Waals surface area contributed by atoms with Crippen LogP contribution in [0, 0.1) is 11.6 Å². The first-order chi connectivity index (χ1) is 13.6. The highest BCUT2D eigenvalue weighted by Gasteiger charge is 2.07. The van der Waals surface area contributed by atoms with Gasteiger partial charge in [-0.15, -0.1) is 0 Å². The molecule has 1 N–H and O–H groups in total. The summed E-state index contributed by atoms with van der Waals surface area (Å²) in [6, 6.07) is 20.5. The largest absolute Gasteiger partial charge is 0.483 e. The molecule has 28 heavy (non-hydrogen) atoms. The van der Waals surface area contributed by atoms with Gasteiger partial charge in [-0.3, -0.25) is 4.79 Å². The molecule has 3 rings (SSSR count). The van der Waals surface area contributed by atoms with Gasteiger partial charge in [0.05, 0.1) is 6.21 Å². The van der Waals surface area contributed by atoms with Crippen LogP contribution in [0.15, 0.2) is 77.9 Å². The lowest BCUT2D eigenvalue weighted by atomic mass is 10.0. The molecule has 0 aliphatic heterocycles. The number of amides is 1. The first kappa shape index (κ1) is 19.2. The van der Waals surface area contributed by atoms with Gasteiger partial charge in [0.1, 0.15) is 17.4 Å². The van der Waals surface area contributed by atoms with Crippen molar-refractivity contribution in [1.29, 1.82) is 0 Å². The number of para-hydroxylation sites is 1. The van der Waals surface area contributed by atoms with Gasteiger partial charge in [-0.05, 0) is 29.3 Å². The Kier molecular flexibility index (Phi) is 6.46. The Morgan fingerprint density at radius 2 is 1.75 bits per heavy atom. The van der Waals surface area contributed by atoms with E-state index in [2.05, 4.69) is 10.5 Å². The lowest BCUT2D eigenvalue weighted by molar-refractivity contribution is -0.123. The van der Waals surface area contributed by atoms with E-state index >= 15 is 0 Å². The van der Waals surface area contributed by atoms with Crippen molar-refractivity contribution in [2.24, 2.45) is 5.10 Å². The average Bonchev–Trinajstić information content (AvgIpc) is 2.70. The maximum absolute atomic E-state index is 13.5. The fraction of sp³-hybridized carbons (Fsp3) is 0.0909. The summed E-state index contributed by atoms with van der Waals surface area (Å²) < 4.78 is 32.0. The molecule has 0 saturated carbocycles. The summed E-state index contributed by atoms with van der Waals surface area (Å²) in [6.45, 7) is -0.241. The van der Waals surface area contributed by atoms with Gasteiger partial charge < -0.3 is 4.74 Å². The smallest absolute Gasteiger partial charge is 0.277 e. The molecule has 3 aromatic rings. The zero-order valence-corrected chi connectivity index (χ0v) is 14.9. The second-order valence-corrected chi connectivity index (χ2v) is 6.02. The van der Waals surface area contributed by atoms with E-state index in [-0.39, 0.29) is 12.2 Å². The Morgan fingerprint density at radius 3 is 2.54 bits per heavy atom. The monoisotopic (exact) mass is 380 g/mol. The Labute approximate surface area is 161 Å². The van der Waals surface area contributed by atoms with Crippen LogP contribution < -0.4 is 10.2 Å². The maximum Gasteiger partial charge on any atom is 0.277 e. The molecule has 142 valence electrons. The SMILES string of the molecule is O=C(COc1ccccc1Cc1ccccc1)N/N=C\c1ccc(F)cc1F. The summed E-state index contributed by atoms with van der Waals surface area (Å²) in [5.41, 5.74) is 4.41. The number of nitrogens with zero attached hydrogens (tertiary/aromatic N) is 1. The van der Waals surface area contributed by atoms with Crippen LogP contribution >= 0.6 is 0 Å². The topological polar surface area (TPSA) is 50.7 Å². The molecule has 0 aromatic heterocycles. The van der Waals surface area contributed by atoms with Crippen LogP contribution in [0.3, 0.4) is 0 Å². The highest BCUT2D eigenvalue weighted by molar-refractivity contribution is 5.83. The van der Waals surface area contributed by atoms with E-state index < -0.39 is 17.5 Å². The molecular weight excluding hydrogens is 362 g/mol. The first-order valence-electron chi connectivity index (χ1n) is 8.63. The Bertz CT molecular complexity index is 975. The average molecular weight is 380 g/mol. The van der Waals surface area contributed by atoms with Gasteiger partial charge in [-0.2, -0.15) is 5.10 Å². The van der Waals surface area contributed by atoms with Crippen LogP contribution in [0.4, 0.5) is 8.78 Å². The summed E-state index contributed by atoms with van der Waals surface area (Å²) in [7, 11) is 0. The minimum atomic E-state index is -0.760. The van der Waals surface area contributed by atoms with E-state index in [1.54, 1.807) is 6.07 Å². The molecule has 0 heterocycles. The van der Waals surface area contributed by atoms with Crippen LogP contribution in [-0.2, 0) is 11.2 Å². The molecule has 0 bridgehead atoms. The number of ether oxygens (including phenoxy) is 1. The first-order valence-corrected chi connectivity index (χ1v) is 8.63. The van der Waals surface area contributed by atoms with Crippen LogP contribution in [0.2, 0.25) is 0 Å². The molecule has 0 aliphatic carbocycles. The van der Waals surface area contributed by atoms with Gasteiger partial charge in [0, 0.05) is 18.1 Å². The number of carbonyl (C=O) groups excluding carboxylic acids is 1. The second kappa shape index (κ2) is 9.41. The third kappa shape index (κ3) is 5.48. The third-order valence-corrected chi connectivity index (χ3v) is 3.92. The summed E-state index contributed by atoms with van der Waals surface area (Å²) in [4.78, 5) is 11.9. The minimum absolute atomic E-state index is 0.0656. The number of rotatable bonds is 7. The summed E-state index contributed by atoms with van der Waals surface area (Å²) in [5, 5.41) is 3.67. The number of halogens is 2. The quantitative estimate of drug-likeness (QED) is 0.496. The van der Waals surface area contributed by atoms with E-state index in [1.807, 2.05) is 48.5 Å². The van der Waals surface area contributed by atoms with Gasteiger partial charge in [-0.25, -0.2) is 14.2 Å². The number of nitrogens with one attached hydrogen (secondary N) is 1. The fourth-order valence-corrected chi connectivity index (χ4v) is 2.56. The van der Waals surface area contributed by atoms with Crippen LogP contribution in [0.25, 0.3) is 0 Å². The standard InChI is InChI=1S/C22H18F2N2O2/c23-19-11-10-18(20(24)13-19)14-25-26-22(27)15-28-21-9-5-4-8-17(21)12-16-6-2-1-3-7-16/h1-11,13-14H,12,15H2,(H,26,27)/b25-14-. The Hall–Kier alpha value is -3.54. The predicted octanol–water partition coefficient (Wildman–Crippen LogP) is 4.08. The molecule has 0 saturated heterocycles. The van der Waals surface area contributed by atoms with Crippen molar-refractivity contribution in [2.45, 2.75) is 6.42 Å². The van der Waals surface area contributed by atoms with Gasteiger partial charge in [0.15, 0.2) is 6.61 Å². The molecule has 0 atom stereocenters. The molecule has 0 spiro atoms. The van der Waals surface area contributed by atoms with Crippen molar-refractivity contribution in [3.05, 3.63) is 101 Å². The lowest BCUT2D eigenvalue weighted by Gasteiger charge is -2.11. The molecule has 0 radical (unpaired) electrons. The zero-order valence-electron chi connectivity index (χ0n) is 14.9. The van der Waals surface area contributed by atoms with E-state index in [9.17, 15) is 13.6 Å². The third-order valence-electron chi connectivity index (χ3n) is 3.92. The maximum atomic E-state index is 13.5. The number of benzene rings is 3. The molecule has 3 aromatic carbocycles. The van der Waals surface area contributed by atoms with Crippen molar-refractivity contribution in [1.82, 2.24) is 5.43 Å². The number of hydrazone groups is 1. The second-order valence-electron chi connectivity index (χ2n) is 6.02. The summed E-state index contributed by atoms with van der Waals surface area (Å²) in [6.07, 6.45) is 1.79. The van der Waals surface area contributed by atoms with E-state index in [1.165, 1.54) is 6.07 Å². The molecule has 4 nitrogen and oxygen atoms in total. The fourth-order valence-electron chi connectivity index (χ4n) is 2.56. The normalized spacial score (nSPS) is 10.8. The van der Waals surface area contributed by atoms with E-state index in [0.717, 1.165) is 29.5 Å². The zero-order chi connectivity index (χ0) is 19.8. The van der Waals surface area contributed by atoms with Crippen molar-refractivity contribution in [3.8, 4) is 5.75 Å². The molecule has 0 unspecified atom stereocenters. The Balaban J connectivity index is 1.55. The number of hydrogen-bond acceptors (Lipinski definition) is 3. The molecule has 0 fully saturated rings. The minimum Gasteiger partial charge on any atom is -0.483 e. The van der Waals surface area contributed by atoms with Crippen molar-refractivity contribution < 1.29 is 18.3 Å². The van der Waals surface area contributed by atoms with Gasteiger partial charge in [0.25, 0.3) is 5.91 Å². The molecular formula is C22H18F2N2O2.